The van der Waals surface area contributed by atoms with E-state index in [4.69, 9.17) is 4.74 Å². The second-order valence-corrected chi connectivity index (χ2v) is 4.41. The van der Waals surface area contributed by atoms with Crippen molar-refractivity contribution in [3.8, 4) is 0 Å². The van der Waals surface area contributed by atoms with Crippen LogP contribution in [-0.2, 0) is 14.3 Å². The van der Waals surface area contributed by atoms with Crippen molar-refractivity contribution in [2.75, 3.05) is 13.1 Å². The highest BCUT2D eigenvalue weighted by Gasteiger charge is 2.33. The van der Waals surface area contributed by atoms with Gasteiger partial charge >= 0.3 is 0 Å². The van der Waals surface area contributed by atoms with E-state index >= 15 is 0 Å². The Labute approximate surface area is 89.6 Å². The number of carbonyl (C=O) groups excluding carboxylic acids is 2. The molecule has 0 aliphatic carbocycles. The van der Waals surface area contributed by atoms with Crippen LogP contribution in [0.1, 0.15) is 32.6 Å². The van der Waals surface area contributed by atoms with Crippen molar-refractivity contribution in [2.45, 2.75) is 44.8 Å². The van der Waals surface area contributed by atoms with Crippen LogP contribution in [0.15, 0.2) is 0 Å². The lowest BCUT2D eigenvalue weighted by atomic mass is 10.1. The van der Waals surface area contributed by atoms with E-state index in [1.165, 1.54) is 0 Å². The maximum absolute atomic E-state index is 11.9. The van der Waals surface area contributed by atoms with Crippen LogP contribution in [0, 0.1) is 0 Å². The molecule has 0 aromatic rings. The minimum Gasteiger partial charge on any atom is -0.365 e. The van der Waals surface area contributed by atoms with Crippen molar-refractivity contribution < 1.29 is 14.3 Å². The average Bonchev–Trinajstić information content (AvgIpc) is 2.64. The predicted octanol–water partition coefficient (Wildman–Crippen LogP) is 0.745. The molecular formula is C11H17NO3. The summed E-state index contributed by atoms with van der Waals surface area (Å²) in [5, 5.41) is 0. The summed E-state index contributed by atoms with van der Waals surface area (Å²) < 4.78 is 5.51. The van der Waals surface area contributed by atoms with Gasteiger partial charge < -0.3 is 9.64 Å². The van der Waals surface area contributed by atoms with Crippen molar-refractivity contribution in [1.29, 1.82) is 0 Å². The van der Waals surface area contributed by atoms with Gasteiger partial charge in [0.1, 0.15) is 6.10 Å². The van der Waals surface area contributed by atoms with E-state index in [1.54, 1.807) is 4.90 Å². The molecule has 1 amide bonds. The molecule has 2 rings (SSSR count). The Bertz CT molecular complexity index is 277. The van der Waals surface area contributed by atoms with Crippen LogP contribution < -0.4 is 0 Å². The number of carbonyl (C=O) groups is 2. The Hall–Kier alpha value is -0.900. The molecule has 0 aromatic carbocycles. The summed E-state index contributed by atoms with van der Waals surface area (Å²) in [7, 11) is 0. The van der Waals surface area contributed by atoms with Gasteiger partial charge in [-0.1, -0.05) is 0 Å². The minimum atomic E-state index is -0.300. The van der Waals surface area contributed by atoms with Crippen LogP contribution in [0.3, 0.4) is 0 Å². The molecule has 2 unspecified atom stereocenters. The molecule has 0 N–H and O–H groups in total. The second kappa shape index (κ2) is 4.31. The van der Waals surface area contributed by atoms with E-state index in [-0.39, 0.29) is 30.4 Å². The molecule has 2 aliphatic heterocycles. The molecule has 15 heavy (non-hydrogen) atoms. The van der Waals surface area contributed by atoms with Gasteiger partial charge in [-0.3, -0.25) is 9.59 Å². The Morgan fingerprint density at radius 1 is 1.47 bits per heavy atom. The van der Waals surface area contributed by atoms with Gasteiger partial charge in [0.25, 0.3) is 5.91 Å². The summed E-state index contributed by atoms with van der Waals surface area (Å²) >= 11 is 0. The molecule has 0 radical (unpaired) electrons. The summed E-state index contributed by atoms with van der Waals surface area (Å²) in [4.78, 5) is 24.8. The van der Waals surface area contributed by atoms with Crippen LogP contribution in [-0.4, -0.2) is 41.9 Å². The monoisotopic (exact) mass is 211 g/mol. The first-order valence-corrected chi connectivity index (χ1v) is 5.63. The fraction of sp³-hybridized carbons (Fsp3) is 0.818. The molecule has 0 aromatic heterocycles. The standard InChI is InChI=1S/C11H17NO3/c1-8-4-5-10(15-8)11(14)12-6-2-3-9(13)7-12/h8,10H,2-7H2,1H3. The van der Waals surface area contributed by atoms with E-state index in [1.807, 2.05) is 6.92 Å². The average molecular weight is 211 g/mol. The predicted molar refractivity (Wildman–Crippen MR) is 54.4 cm³/mol. The molecule has 84 valence electrons. The highest BCUT2D eigenvalue weighted by Crippen LogP contribution is 2.21. The molecule has 4 heteroatoms. The first-order chi connectivity index (χ1) is 7.16. The molecular weight excluding hydrogens is 194 g/mol. The van der Waals surface area contributed by atoms with Gasteiger partial charge in [0.2, 0.25) is 0 Å². The summed E-state index contributed by atoms with van der Waals surface area (Å²) in [6.45, 7) is 2.97. The van der Waals surface area contributed by atoms with Gasteiger partial charge in [-0.2, -0.15) is 0 Å². The second-order valence-electron chi connectivity index (χ2n) is 4.41. The van der Waals surface area contributed by atoms with Crippen LogP contribution in [0.4, 0.5) is 0 Å². The SMILES string of the molecule is CC1CCC(C(=O)N2CCCC(=O)C2)O1. The lowest BCUT2D eigenvalue weighted by Crippen LogP contribution is -2.45. The van der Waals surface area contributed by atoms with Crippen molar-refractivity contribution in [3.63, 3.8) is 0 Å². The number of ketones is 1. The third-order valence-electron chi connectivity index (χ3n) is 3.07. The molecule has 0 spiro atoms. The fourth-order valence-electron chi connectivity index (χ4n) is 2.21. The highest BCUT2D eigenvalue weighted by molar-refractivity contribution is 5.89. The van der Waals surface area contributed by atoms with E-state index in [0.29, 0.717) is 13.0 Å². The molecule has 4 nitrogen and oxygen atoms in total. The highest BCUT2D eigenvalue weighted by atomic mass is 16.5. The summed E-state index contributed by atoms with van der Waals surface area (Å²) in [6, 6.07) is 0. The van der Waals surface area contributed by atoms with E-state index < -0.39 is 0 Å². The third-order valence-corrected chi connectivity index (χ3v) is 3.07. The fourth-order valence-corrected chi connectivity index (χ4v) is 2.21. The molecule has 2 aliphatic rings. The van der Waals surface area contributed by atoms with Gasteiger partial charge in [-0.15, -0.1) is 0 Å². The Kier molecular flexibility index (Phi) is 3.05. The summed E-state index contributed by atoms with van der Waals surface area (Å²) in [6.07, 6.45) is 3.03. The summed E-state index contributed by atoms with van der Waals surface area (Å²) in [5.41, 5.74) is 0. The number of nitrogens with zero attached hydrogens (tertiary/aromatic N) is 1. The number of hydrogen-bond acceptors (Lipinski definition) is 3. The number of piperidine rings is 1. The first-order valence-electron chi connectivity index (χ1n) is 5.63. The number of amides is 1. The van der Waals surface area contributed by atoms with Crippen LogP contribution in [0.25, 0.3) is 0 Å². The largest absolute Gasteiger partial charge is 0.365 e. The van der Waals surface area contributed by atoms with E-state index in [2.05, 4.69) is 0 Å². The zero-order valence-corrected chi connectivity index (χ0v) is 9.07. The first kappa shape index (κ1) is 10.6. The molecule has 2 atom stereocenters. The van der Waals surface area contributed by atoms with Crippen molar-refractivity contribution in [2.24, 2.45) is 0 Å². The molecule has 2 fully saturated rings. The van der Waals surface area contributed by atoms with Crippen LogP contribution in [0.2, 0.25) is 0 Å². The topological polar surface area (TPSA) is 46.6 Å². The Balaban J connectivity index is 1.92. The zero-order chi connectivity index (χ0) is 10.8. The third kappa shape index (κ3) is 2.37. The van der Waals surface area contributed by atoms with Gasteiger partial charge in [0, 0.05) is 13.0 Å². The smallest absolute Gasteiger partial charge is 0.252 e. The van der Waals surface area contributed by atoms with Crippen LogP contribution in [0.5, 0.6) is 0 Å². The quantitative estimate of drug-likeness (QED) is 0.643. The number of ether oxygens (including phenoxy) is 1. The molecule has 0 bridgehead atoms. The van der Waals surface area contributed by atoms with Gasteiger partial charge in [0.15, 0.2) is 5.78 Å². The van der Waals surface area contributed by atoms with E-state index in [0.717, 1.165) is 19.3 Å². The van der Waals surface area contributed by atoms with E-state index in [9.17, 15) is 9.59 Å². The molecule has 2 heterocycles. The number of likely N-dealkylation sites (tertiary alicyclic amines) is 1. The minimum absolute atomic E-state index is 0.00685. The molecule has 0 saturated carbocycles. The summed E-state index contributed by atoms with van der Waals surface area (Å²) in [5.74, 6) is 0.174. The van der Waals surface area contributed by atoms with Gasteiger partial charge in [-0.05, 0) is 26.2 Å². The number of Topliss-reactive ketones (excluding diaryl/α,β-unsaturated/α-hetero) is 1. The van der Waals surface area contributed by atoms with Crippen LogP contribution >= 0.6 is 0 Å². The van der Waals surface area contributed by atoms with Crippen molar-refractivity contribution >= 4 is 11.7 Å². The number of hydrogen-bond donors (Lipinski definition) is 0. The zero-order valence-electron chi connectivity index (χ0n) is 9.07. The maximum atomic E-state index is 11.9. The molecule has 2 saturated heterocycles. The Morgan fingerprint density at radius 3 is 2.87 bits per heavy atom. The van der Waals surface area contributed by atoms with Crippen molar-refractivity contribution in [3.05, 3.63) is 0 Å². The van der Waals surface area contributed by atoms with Gasteiger partial charge in [-0.25, -0.2) is 0 Å². The lowest BCUT2D eigenvalue weighted by molar-refractivity contribution is -0.146. The normalized spacial score (nSPS) is 32.1. The Morgan fingerprint density at radius 2 is 2.27 bits per heavy atom. The number of rotatable bonds is 1. The van der Waals surface area contributed by atoms with Crippen molar-refractivity contribution in [1.82, 2.24) is 4.90 Å². The van der Waals surface area contributed by atoms with Gasteiger partial charge in [0.05, 0.1) is 12.6 Å². The lowest BCUT2D eigenvalue weighted by Gasteiger charge is -2.28. The maximum Gasteiger partial charge on any atom is 0.252 e.